The number of amides is 2. The lowest BCUT2D eigenvalue weighted by atomic mass is 10.2. The maximum Gasteiger partial charge on any atom is 0.270 e. The highest BCUT2D eigenvalue weighted by atomic mass is 16.6. The highest BCUT2D eigenvalue weighted by Crippen LogP contribution is 2.19. The number of benzene rings is 2. The standard InChI is InChI=1S/C18H17N5O4/c1-2-22-15-9-4-3-8-14(15)20-18(22)21-16(24)11-19-17(25)12-6-5-7-13(10-12)23(26)27/h3-10H,2,11H2,1H3,(H,19,25)(H,20,21,24). The first-order valence-corrected chi connectivity index (χ1v) is 8.27. The van der Waals surface area contributed by atoms with Crippen LogP contribution < -0.4 is 10.6 Å². The number of non-ortho nitro benzene ring substituents is 1. The summed E-state index contributed by atoms with van der Waals surface area (Å²) < 4.78 is 1.86. The number of anilines is 1. The molecule has 2 N–H and O–H groups in total. The van der Waals surface area contributed by atoms with E-state index in [4.69, 9.17) is 0 Å². The van der Waals surface area contributed by atoms with Gasteiger partial charge in [0.15, 0.2) is 0 Å². The number of nitrogens with one attached hydrogen (secondary N) is 2. The van der Waals surface area contributed by atoms with Crippen molar-refractivity contribution in [3.05, 3.63) is 64.2 Å². The zero-order valence-corrected chi connectivity index (χ0v) is 14.5. The largest absolute Gasteiger partial charge is 0.343 e. The highest BCUT2D eigenvalue weighted by Gasteiger charge is 2.15. The molecule has 9 nitrogen and oxygen atoms in total. The van der Waals surface area contributed by atoms with Crippen LogP contribution in [0.15, 0.2) is 48.5 Å². The lowest BCUT2D eigenvalue weighted by Gasteiger charge is -2.08. The average molecular weight is 367 g/mol. The van der Waals surface area contributed by atoms with Gasteiger partial charge in [-0.3, -0.25) is 25.0 Å². The lowest BCUT2D eigenvalue weighted by molar-refractivity contribution is -0.384. The van der Waals surface area contributed by atoms with Crippen LogP contribution in [0.5, 0.6) is 0 Å². The van der Waals surface area contributed by atoms with Gasteiger partial charge in [0.25, 0.3) is 11.6 Å². The summed E-state index contributed by atoms with van der Waals surface area (Å²) in [5.74, 6) is -0.620. The third kappa shape index (κ3) is 3.92. The van der Waals surface area contributed by atoms with Crippen molar-refractivity contribution in [2.75, 3.05) is 11.9 Å². The van der Waals surface area contributed by atoms with E-state index in [9.17, 15) is 19.7 Å². The number of aryl methyl sites for hydroxylation is 1. The molecule has 0 saturated carbocycles. The van der Waals surface area contributed by atoms with Gasteiger partial charge in [-0.05, 0) is 25.1 Å². The minimum Gasteiger partial charge on any atom is -0.343 e. The number of para-hydroxylation sites is 2. The van der Waals surface area contributed by atoms with E-state index in [1.807, 2.05) is 35.8 Å². The fourth-order valence-electron chi connectivity index (χ4n) is 2.68. The molecule has 0 aliphatic rings. The molecule has 0 bridgehead atoms. The molecular formula is C18H17N5O4. The van der Waals surface area contributed by atoms with Gasteiger partial charge in [-0.25, -0.2) is 4.98 Å². The molecule has 3 aromatic rings. The summed E-state index contributed by atoms with van der Waals surface area (Å²) in [6.07, 6.45) is 0. The van der Waals surface area contributed by atoms with E-state index in [1.165, 1.54) is 18.2 Å². The Balaban J connectivity index is 1.66. The van der Waals surface area contributed by atoms with Gasteiger partial charge in [-0.15, -0.1) is 0 Å². The predicted molar refractivity (Wildman–Crippen MR) is 99.5 cm³/mol. The second kappa shape index (κ2) is 7.65. The van der Waals surface area contributed by atoms with Gasteiger partial charge in [-0.2, -0.15) is 0 Å². The van der Waals surface area contributed by atoms with Crippen molar-refractivity contribution in [2.45, 2.75) is 13.5 Å². The Kier molecular flexibility index (Phi) is 5.11. The van der Waals surface area contributed by atoms with Gasteiger partial charge in [0.1, 0.15) is 0 Å². The molecule has 9 heteroatoms. The molecule has 1 heterocycles. The SMILES string of the molecule is CCn1c(NC(=O)CNC(=O)c2cccc([N+](=O)[O-])c2)nc2ccccc21. The van der Waals surface area contributed by atoms with E-state index >= 15 is 0 Å². The van der Waals surface area contributed by atoms with E-state index in [2.05, 4.69) is 15.6 Å². The number of carbonyl (C=O) groups excluding carboxylic acids is 2. The summed E-state index contributed by atoms with van der Waals surface area (Å²) in [6, 6.07) is 12.8. The van der Waals surface area contributed by atoms with Crippen molar-refractivity contribution < 1.29 is 14.5 Å². The Bertz CT molecular complexity index is 1030. The Morgan fingerprint density at radius 2 is 1.96 bits per heavy atom. The first-order valence-electron chi connectivity index (χ1n) is 8.27. The predicted octanol–water partition coefficient (Wildman–Crippen LogP) is 2.33. The van der Waals surface area contributed by atoms with Crippen molar-refractivity contribution in [3.8, 4) is 0 Å². The Morgan fingerprint density at radius 3 is 2.70 bits per heavy atom. The molecule has 0 saturated heterocycles. The topological polar surface area (TPSA) is 119 Å². The molecule has 2 aromatic carbocycles. The Hall–Kier alpha value is -3.75. The van der Waals surface area contributed by atoms with Gasteiger partial charge in [0.2, 0.25) is 11.9 Å². The smallest absolute Gasteiger partial charge is 0.270 e. The molecule has 2 amide bonds. The Morgan fingerprint density at radius 1 is 1.19 bits per heavy atom. The van der Waals surface area contributed by atoms with Gasteiger partial charge in [0.05, 0.1) is 22.5 Å². The number of nitrogens with zero attached hydrogens (tertiary/aromatic N) is 3. The van der Waals surface area contributed by atoms with Crippen LogP contribution in [0.1, 0.15) is 17.3 Å². The fraction of sp³-hybridized carbons (Fsp3) is 0.167. The van der Waals surface area contributed by atoms with Crippen LogP contribution in [0, 0.1) is 10.1 Å². The van der Waals surface area contributed by atoms with E-state index in [0.29, 0.717) is 12.5 Å². The number of hydrogen-bond acceptors (Lipinski definition) is 5. The molecule has 0 unspecified atom stereocenters. The molecule has 0 spiro atoms. The average Bonchev–Trinajstić information content (AvgIpc) is 3.02. The van der Waals surface area contributed by atoms with Crippen molar-refractivity contribution >= 4 is 34.5 Å². The lowest BCUT2D eigenvalue weighted by Crippen LogP contribution is -2.33. The highest BCUT2D eigenvalue weighted by molar-refractivity contribution is 5.99. The van der Waals surface area contributed by atoms with Crippen molar-refractivity contribution in [1.29, 1.82) is 0 Å². The van der Waals surface area contributed by atoms with Crippen LogP contribution in [0.25, 0.3) is 11.0 Å². The number of nitro groups is 1. The number of imidazole rings is 1. The van der Waals surface area contributed by atoms with Crippen LogP contribution in [0.3, 0.4) is 0 Å². The van der Waals surface area contributed by atoms with Crippen LogP contribution in [-0.2, 0) is 11.3 Å². The maximum atomic E-state index is 12.2. The zero-order chi connectivity index (χ0) is 19.4. The monoisotopic (exact) mass is 367 g/mol. The first-order chi connectivity index (χ1) is 13.0. The third-order valence-corrected chi connectivity index (χ3v) is 3.95. The van der Waals surface area contributed by atoms with Gasteiger partial charge < -0.3 is 9.88 Å². The number of aromatic nitrogens is 2. The molecular weight excluding hydrogens is 350 g/mol. The first kappa shape index (κ1) is 18.1. The second-order valence-electron chi connectivity index (χ2n) is 5.71. The number of nitro benzene ring substituents is 1. The van der Waals surface area contributed by atoms with E-state index < -0.39 is 16.7 Å². The zero-order valence-electron chi connectivity index (χ0n) is 14.5. The third-order valence-electron chi connectivity index (χ3n) is 3.95. The van der Waals surface area contributed by atoms with Crippen LogP contribution in [-0.4, -0.2) is 32.8 Å². The van der Waals surface area contributed by atoms with Crippen molar-refractivity contribution in [3.63, 3.8) is 0 Å². The minimum atomic E-state index is -0.585. The summed E-state index contributed by atoms with van der Waals surface area (Å²) in [7, 11) is 0. The number of carbonyl (C=O) groups is 2. The maximum absolute atomic E-state index is 12.2. The molecule has 0 aliphatic heterocycles. The van der Waals surface area contributed by atoms with Gasteiger partial charge >= 0.3 is 0 Å². The molecule has 27 heavy (non-hydrogen) atoms. The molecule has 0 aliphatic carbocycles. The Labute approximate surface area is 154 Å². The molecule has 0 atom stereocenters. The second-order valence-corrected chi connectivity index (χ2v) is 5.71. The fourth-order valence-corrected chi connectivity index (χ4v) is 2.68. The van der Waals surface area contributed by atoms with Crippen molar-refractivity contribution in [2.24, 2.45) is 0 Å². The van der Waals surface area contributed by atoms with Crippen LogP contribution in [0.2, 0.25) is 0 Å². The number of fused-ring (bicyclic) bond motifs is 1. The normalized spacial score (nSPS) is 10.6. The summed E-state index contributed by atoms with van der Waals surface area (Å²) in [5.41, 5.74) is 1.58. The molecule has 138 valence electrons. The van der Waals surface area contributed by atoms with E-state index in [-0.39, 0.29) is 17.8 Å². The summed E-state index contributed by atoms with van der Waals surface area (Å²) in [4.78, 5) is 38.9. The molecule has 0 radical (unpaired) electrons. The quantitative estimate of drug-likeness (QED) is 0.512. The number of rotatable bonds is 6. The van der Waals surface area contributed by atoms with Crippen molar-refractivity contribution in [1.82, 2.24) is 14.9 Å². The summed E-state index contributed by atoms with van der Waals surface area (Å²) in [6.45, 7) is 2.28. The summed E-state index contributed by atoms with van der Waals surface area (Å²) in [5, 5.41) is 15.9. The van der Waals surface area contributed by atoms with E-state index in [0.717, 1.165) is 17.1 Å². The minimum absolute atomic E-state index is 0.109. The van der Waals surface area contributed by atoms with Gasteiger partial charge in [0, 0.05) is 24.2 Å². The molecule has 0 fully saturated rings. The van der Waals surface area contributed by atoms with Gasteiger partial charge in [-0.1, -0.05) is 18.2 Å². The number of hydrogen-bond donors (Lipinski definition) is 2. The van der Waals surface area contributed by atoms with Crippen LogP contribution in [0.4, 0.5) is 11.6 Å². The molecule has 1 aromatic heterocycles. The van der Waals surface area contributed by atoms with E-state index in [1.54, 1.807) is 0 Å². The van der Waals surface area contributed by atoms with Crippen LogP contribution >= 0.6 is 0 Å². The molecule has 3 rings (SSSR count). The summed E-state index contributed by atoms with van der Waals surface area (Å²) >= 11 is 0.